The first-order chi connectivity index (χ1) is 12.0. The van der Waals surface area contributed by atoms with Crippen LogP contribution < -0.4 is 5.56 Å². The molecule has 1 saturated heterocycles. The highest BCUT2D eigenvalue weighted by molar-refractivity contribution is 5.80. The average Bonchev–Trinajstić information content (AvgIpc) is 2.60. The maximum absolute atomic E-state index is 12.0. The number of aromatic nitrogens is 1. The van der Waals surface area contributed by atoms with Crippen LogP contribution in [0.5, 0.6) is 0 Å². The molecule has 1 aliphatic heterocycles. The van der Waals surface area contributed by atoms with Gasteiger partial charge in [0, 0.05) is 31.8 Å². The second-order valence-corrected chi connectivity index (χ2v) is 6.33. The van der Waals surface area contributed by atoms with E-state index in [2.05, 4.69) is 0 Å². The molecule has 1 unspecified atom stereocenters. The van der Waals surface area contributed by atoms with Gasteiger partial charge in [0.1, 0.15) is 0 Å². The lowest BCUT2D eigenvalue weighted by Crippen LogP contribution is -2.42. The van der Waals surface area contributed by atoms with Crippen LogP contribution in [0.15, 0.2) is 53.5 Å². The van der Waals surface area contributed by atoms with E-state index in [9.17, 15) is 14.4 Å². The molecule has 1 atom stereocenters. The number of carboxylic acid groups (broad SMARTS) is 1. The number of hydrogen-bond donors (Lipinski definition) is 1. The fourth-order valence-electron chi connectivity index (χ4n) is 3.03. The maximum Gasteiger partial charge on any atom is 0.308 e. The zero-order valence-electron chi connectivity index (χ0n) is 13.8. The van der Waals surface area contributed by atoms with E-state index in [1.54, 1.807) is 21.7 Å². The van der Waals surface area contributed by atoms with Crippen LogP contribution in [0.4, 0.5) is 0 Å². The highest BCUT2D eigenvalue weighted by Crippen LogP contribution is 2.20. The first kappa shape index (κ1) is 17.0. The van der Waals surface area contributed by atoms with Gasteiger partial charge < -0.3 is 14.6 Å². The predicted octanol–water partition coefficient (Wildman–Crippen LogP) is 1.72. The lowest BCUT2D eigenvalue weighted by molar-refractivity contribution is -0.147. The Morgan fingerprint density at radius 3 is 2.36 bits per heavy atom. The van der Waals surface area contributed by atoms with E-state index in [0.717, 1.165) is 11.1 Å². The molecule has 0 radical (unpaired) electrons. The van der Waals surface area contributed by atoms with Gasteiger partial charge in [0.15, 0.2) is 0 Å². The number of aliphatic carboxylic acids is 1. The molecule has 1 aromatic heterocycles. The second kappa shape index (κ2) is 7.34. The van der Waals surface area contributed by atoms with Crippen LogP contribution >= 0.6 is 0 Å². The zero-order valence-corrected chi connectivity index (χ0v) is 13.8. The number of carbonyl (C=O) groups is 2. The summed E-state index contributed by atoms with van der Waals surface area (Å²) in [7, 11) is 0. The van der Waals surface area contributed by atoms with Crippen molar-refractivity contribution in [3.8, 4) is 0 Å². The smallest absolute Gasteiger partial charge is 0.308 e. The molecule has 1 N–H and O–H groups in total. The number of carboxylic acids is 1. The molecule has 0 spiro atoms. The Balaban J connectivity index is 1.66. The molecular weight excluding hydrogens is 320 g/mol. The van der Waals surface area contributed by atoms with Crippen LogP contribution in [0.1, 0.15) is 24.0 Å². The van der Waals surface area contributed by atoms with Gasteiger partial charge in [-0.1, -0.05) is 30.3 Å². The molecule has 2 heterocycles. The van der Waals surface area contributed by atoms with Crippen LogP contribution in [0.3, 0.4) is 0 Å². The van der Waals surface area contributed by atoms with Gasteiger partial charge in [0.25, 0.3) is 5.56 Å². The van der Waals surface area contributed by atoms with Gasteiger partial charge in [-0.25, -0.2) is 0 Å². The van der Waals surface area contributed by atoms with Crippen molar-refractivity contribution in [3.05, 3.63) is 70.1 Å². The lowest BCUT2D eigenvalue weighted by atomic mass is 9.97. The largest absolute Gasteiger partial charge is 0.481 e. The molecule has 6 heteroatoms. The second-order valence-electron chi connectivity index (χ2n) is 6.33. The van der Waals surface area contributed by atoms with Crippen molar-refractivity contribution in [2.24, 2.45) is 5.92 Å². The molecule has 25 heavy (non-hydrogen) atoms. The Hall–Kier alpha value is -2.89. The van der Waals surface area contributed by atoms with Crippen LogP contribution in [0, 0.1) is 5.92 Å². The monoisotopic (exact) mass is 340 g/mol. The summed E-state index contributed by atoms with van der Waals surface area (Å²) in [6.45, 7) is 1.16. The fraction of sp³-hybridized carbons (Fsp3) is 0.316. The van der Waals surface area contributed by atoms with Crippen molar-refractivity contribution in [2.45, 2.75) is 25.9 Å². The molecule has 0 aliphatic carbocycles. The van der Waals surface area contributed by atoms with Gasteiger partial charge in [-0.15, -0.1) is 0 Å². The molecule has 1 amide bonds. The first-order valence-electron chi connectivity index (χ1n) is 8.27. The summed E-state index contributed by atoms with van der Waals surface area (Å²) in [5.41, 5.74) is 1.89. The Morgan fingerprint density at radius 2 is 1.72 bits per heavy atom. The highest BCUT2D eigenvalue weighted by atomic mass is 16.4. The van der Waals surface area contributed by atoms with Crippen LogP contribution in [0.25, 0.3) is 0 Å². The van der Waals surface area contributed by atoms with E-state index in [0.29, 0.717) is 19.5 Å². The van der Waals surface area contributed by atoms with E-state index in [4.69, 9.17) is 5.11 Å². The van der Waals surface area contributed by atoms with Gasteiger partial charge in [-0.05, 0) is 23.6 Å². The average molecular weight is 340 g/mol. The molecule has 3 rings (SSSR count). The summed E-state index contributed by atoms with van der Waals surface area (Å²) < 4.78 is 1.63. The summed E-state index contributed by atoms with van der Waals surface area (Å²) in [4.78, 5) is 36.5. The number of likely N-dealkylation sites (tertiary alicyclic amines) is 1. The third-order valence-corrected chi connectivity index (χ3v) is 4.50. The van der Waals surface area contributed by atoms with Gasteiger partial charge in [0.05, 0.1) is 12.5 Å². The molecule has 2 aromatic rings. The summed E-state index contributed by atoms with van der Waals surface area (Å²) in [6, 6.07) is 12.7. The quantitative estimate of drug-likeness (QED) is 0.899. The van der Waals surface area contributed by atoms with Crippen molar-refractivity contribution in [1.29, 1.82) is 0 Å². The minimum absolute atomic E-state index is 0.00239. The molecule has 1 aliphatic rings. The summed E-state index contributed by atoms with van der Waals surface area (Å²) in [6.07, 6.45) is 2.44. The molecule has 0 saturated carbocycles. The standard InChI is InChI=1S/C19H20N2O4/c22-17-3-1-2-10-20(17)11-14-4-6-15(7-5-14)12-21-13-16(19(24)25)8-9-18(21)23/h1-7,10,16H,8-9,11-13H2,(H,24,25). The number of carbonyl (C=O) groups excluding carboxylic acids is 1. The lowest BCUT2D eigenvalue weighted by Gasteiger charge is -2.30. The van der Waals surface area contributed by atoms with E-state index in [-0.39, 0.29) is 24.4 Å². The van der Waals surface area contributed by atoms with Gasteiger partial charge in [-0.2, -0.15) is 0 Å². The summed E-state index contributed by atoms with van der Waals surface area (Å²) >= 11 is 0. The number of rotatable bonds is 5. The Bertz CT molecular complexity index is 826. The minimum atomic E-state index is -0.846. The molecule has 0 bridgehead atoms. The van der Waals surface area contributed by atoms with E-state index in [1.165, 1.54) is 6.07 Å². The number of amides is 1. The summed E-state index contributed by atoms with van der Waals surface area (Å²) in [5, 5.41) is 9.14. The maximum atomic E-state index is 12.0. The van der Waals surface area contributed by atoms with Gasteiger partial charge in [0.2, 0.25) is 5.91 Å². The van der Waals surface area contributed by atoms with Crippen molar-refractivity contribution >= 4 is 11.9 Å². The first-order valence-corrected chi connectivity index (χ1v) is 8.27. The van der Waals surface area contributed by atoms with E-state index >= 15 is 0 Å². The number of benzene rings is 1. The molecule has 6 nitrogen and oxygen atoms in total. The molecule has 1 aromatic carbocycles. The van der Waals surface area contributed by atoms with E-state index in [1.807, 2.05) is 30.3 Å². The number of hydrogen-bond acceptors (Lipinski definition) is 3. The topological polar surface area (TPSA) is 79.6 Å². The highest BCUT2D eigenvalue weighted by Gasteiger charge is 2.29. The normalized spacial score (nSPS) is 17.5. The fourth-order valence-corrected chi connectivity index (χ4v) is 3.03. The number of piperidine rings is 1. The Labute approximate surface area is 145 Å². The number of pyridine rings is 1. The van der Waals surface area contributed by atoms with Gasteiger partial charge in [-0.3, -0.25) is 14.4 Å². The van der Waals surface area contributed by atoms with Crippen molar-refractivity contribution < 1.29 is 14.7 Å². The Morgan fingerprint density at radius 1 is 1.04 bits per heavy atom. The SMILES string of the molecule is O=C(O)C1CCC(=O)N(Cc2ccc(Cn3ccccc3=O)cc2)C1. The van der Waals surface area contributed by atoms with Crippen molar-refractivity contribution in [2.75, 3.05) is 6.54 Å². The number of nitrogens with zero attached hydrogens (tertiary/aromatic N) is 2. The molecule has 130 valence electrons. The van der Waals surface area contributed by atoms with E-state index < -0.39 is 11.9 Å². The third kappa shape index (κ3) is 4.15. The summed E-state index contributed by atoms with van der Waals surface area (Å²) in [5.74, 6) is -1.33. The Kier molecular flexibility index (Phi) is 4.97. The molecule has 1 fully saturated rings. The van der Waals surface area contributed by atoms with Gasteiger partial charge >= 0.3 is 5.97 Å². The van der Waals surface area contributed by atoms with Crippen LogP contribution in [0.2, 0.25) is 0 Å². The zero-order chi connectivity index (χ0) is 17.8. The van der Waals surface area contributed by atoms with Crippen molar-refractivity contribution in [1.82, 2.24) is 9.47 Å². The third-order valence-electron chi connectivity index (χ3n) is 4.50. The van der Waals surface area contributed by atoms with Crippen LogP contribution in [-0.4, -0.2) is 33.0 Å². The van der Waals surface area contributed by atoms with Crippen molar-refractivity contribution in [3.63, 3.8) is 0 Å². The van der Waals surface area contributed by atoms with Crippen LogP contribution in [-0.2, 0) is 22.7 Å². The minimum Gasteiger partial charge on any atom is -0.481 e. The predicted molar refractivity (Wildman–Crippen MR) is 92.0 cm³/mol. The molecular formula is C19H20N2O4.